The minimum absolute atomic E-state index is 0.144. The number of piperazine rings is 1. The summed E-state index contributed by atoms with van der Waals surface area (Å²) in [5.41, 5.74) is 13.9. The van der Waals surface area contributed by atoms with Gasteiger partial charge in [-0.25, -0.2) is 9.97 Å². The molecule has 13 heteroatoms. The van der Waals surface area contributed by atoms with E-state index in [-0.39, 0.29) is 23.5 Å². The number of ether oxygens (including phenoxy) is 1. The van der Waals surface area contributed by atoms with E-state index in [0.29, 0.717) is 58.3 Å². The van der Waals surface area contributed by atoms with Crippen LogP contribution in [-0.2, 0) is 37.8 Å². The molecule has 3 aliphatic heterocycles. The number of hydrogen-bond donors (Lipinski definition) is 3. The number of hydrogen-bond acceptors (Lipinski definition) is 10. The predicted octanol–water partition coefficient (Wildman–Crippen LogP) is 3.17. The monoisotopic (exact) mass is 693 g/mol. The van der Waals surface area contributed by atoms with Crippen molar-refractivity contribution in [3.05, 3.63) is 81.3 Å². The molecule has 0 spiro atoms. The van der Waals surface area contributed by atoms with Crippen molar-refractivity contribution >= 4 is 28.9 Å². The fourth-order valence-corrected chi connectivity index (χ4v) is 8.52. The summed E-state index contributed by atoms with van der Waals surface area (Å²) < 4.78 is 8.99. The summed E-state index contributed by atoms with van der Waals surface area (Å²) in [6, 6.07) is 8.33. The molecule has 51 heavy (non-hydrogen) atoms. The third kappa shape index (κ3) is 5.72. The molecule has 4 N–H and O–H groups in total. The summed E-state index contributed by atoms with van der Waals surface area (Å²) in [7, 11) is 1.69. The van der Waals surface area contributed by atoms with Crippen molar-refractivity contribution in [3.63, 3.8) is 0 Å². The number of amides is 1. The molecule has 268 valence electrons. The zero-order valence-electron chi connectivity index (χ0n) is 30.0. The second kappa shape index (κ2) is 12.6. The van der Waals surface area contributed by atoms with Crippen LogP contribution in [0.5, 0.6) is 0 Å². The van der Waals surface area contributed by atoms with Crippen LogP contribution in [-0.4, -0.2) is 86.1 Å². The summed E-state index contributed by atoms with van der Waals surface area (Å²) in [4.78, 5) is 43.2. The van der Waals surface area contributed by atoms with E-state index in [4.69, 9.17) is 10.5 Å². The molecular weight excluding hydrogens is 646 g/mol. The van der Waals surface area contributed by atoms with E-state index in [0.717, 1.165) is 56.9 Å². The number of nitrogens with one attached hydrogen (secondary N) is 1. The number of pyridine rings is 3. The second-order valence-corrected chi connectivity index (χ2v) is 15.4. The number of nitrogens with zero attached hydrogens (tertiary/aromatic N) is 7. The smallest absolute Gasteiger partial charge is 0.277 e. The van der Waals surface area contributed by atoms with Crippen LogP contribution in [0.25, 0.3) is 11.1 Å². The van der Waals surface area contributed by atoms with Gasteiger partial charge in [0, 0.05) is 61.9 Å². The highest BCUT2D eigenvalue weighted by molar-refractivity contribution is 6.08. The van der Waals surface area contributed by atoms with Gasteiger partial charge in [-0.1, -0.05) is 13.8 Å². The molecule has 7 heterocycles. The minimum Gasteiger partial charge on any atom is -0.392 e. The van der Waals surface area contributed by atoms with Crippen LogP contribution in [0, 0.1) is 12.3 Å². The highest BCUT2D eigenvalue weighted by atomic mass is 16.5. The van der Waals surface area contributed by atoms with E-state index in [1.165, 1.54) is 20.7 Å². The van der Waals surface area contributed by atoms with Gasteiger partial charge in [-0.2, -0.15) is 0 Å². The summed E-state index contributed by atoms with van der Waals surface area (Å²) >= 11 is 0. The number of carbonyl (C=O) groups excluding carboxylic acids is 1. The Morgan fingerprint density at radius 1 is 1.10 bits per heavy atom. The van der Waals surface area contributed by atoms with Gasteiger partial charge in [-0.3, -0.25) is 19.4 Å². The van der Waals surface area contributed by atoms with Gasteiger partial charge in [0.05, 0.1) is 44.3 Å². The molecule has 13 nitrogen and oxygen atoms in total. The zero-order valence-corrected chi connectivity index (χ0v) is 30.0. The fourth-order valence-electron chi connectivity index (χ4n) is 8.52. The number of carbonyl (C=O) groups is 1. The van der Waals surface area contributed by atoms with Crippen LogP contribution in [0.1, 0.15) is 53.6 Å². The lowest BCUT2D eigenvalue weighted by Crippen LogP contribution is -2.59. The normalized spacial score (nSPS) is 21.8. The van der Waals surface area contributed by atoms with Gasteiger partial charge in [0.2, 0.25) is 0 Å². The molecule has 0 aromatic carbocycles. The maximum Gasteiger partial charge on any atom is 0.277 e. The number of aromatic nitrogens is 4. The Hall–Kier alpha value is -4.56. The molecule has 1 unspecified atom stereocenters. The number of fused-ring (bicyclic) bond motifs is 3. The third-order valence-corrected chi connectivity index (χ3v) is 11.2. The van der Waals surface area contributed by atoms with E-state index >= 15 is 0 Å². The first-order chi connectivity index (χ1) is 24.4. The molecule has 0 saturated carbocycles. The highest BCUT2D eigenvalue weighted by Gasteiger charge is 2.42. The lowest BCUT2D eigenvalue weighted by Gasteiger charge is -2.46. The molecule has 4 aromatic heterocycles. The number of nitrogens with two attached hydrogens (primary N) is 1. The Balaban J connectivity index is 1.06. The number of aliphatic hydroxyl groups is 1. The summed E-state index contributed by atoms with van der Waals surface area (Å²) in [6.45, 7) is 13.3. The second-order valence-electron chi connectivity index (χ2n) is 15.4. The molecule has 1 aliphatic carbocycles. The highest BCUT2D eigenvalue weighted by Crippen LogP contribution is 2.43. The first-order valence-electron chi connectivity index (χ1n) is 17.9. The van der Waals surface area contributed by atoms with E-state index in [1.54, 1.807) is 31.6 Å². The maximum absolute atomic E-state index is 14.2. The zero-order chi connectivity index (χ0) is 35.8. The Labute approximate surface area is 297 Å². The summed E-state index contributed by atoms with van der Waals surface area (Å²) in [6.07, 6.45) is 6.33. The minimum atomic E-state index is -0.673. The summed E-state index contributed by atoms with van der Waals surface area (Å²) in [5, 5.41) is 14.0. The van der Waals surface area contributed by atoms with Crippen molar-refractivity contribution in [2.75, 3.05) is 48.0 Å². The van der Waals surface area contributed by atoms with E-state index in [1.807, 2.05) is 25.3 Å². The third-order valence-electron chi connectivity index (χ3n) is 11.2. The van der Waals surface area contributed by atoms with E-state index < -0.39 is 6.17 Å². The van der Waals surface area contributed by atoms with Crippen LogP contribution in [0.4, 0.5) is 23.0 Å². The molecule has 0 bridgehead atoms. The van der Waals surface area contributed by atoms with E-state index in [9.17, 15) is 14.7 Å². The van der Waals surface area contributed by atoms with Crippen molar-refractivity contribution in [1.82, 2.24) is 24.0 Å². The number of aryl methyl sites for hydroxylation is 1. The van der Waals surface area contributed by atoms with Crippen molar-refractivity contribution < 1.29 is 14.6 Å². The lowest BCUT2D eigenvalue weighted by atomic mass is 9.89. The quantitative estimate of drug-likeness (QED) is 0.264. The molecular formula is C38H47N9O4. The SMILES string of the molecule is Cc1c2c(n3c1C(=O)N(c1nccc(-c4cc(Nc5ccc(N6CCN(C7COC7)CC6C)cn5)c(=O)n(C)c4)c1CO)[C@H](N)C3)CC(C)(C)C2. The first kappa shape index (κ1) is 33.6. The van der Waals surface area contributed by atoms with Crippen molar-refractivity contribution in [2.45, 2.75) is 71.9 Å². The van der Waals surface area contributed by atoms with Gasteiger partial charge in [0.15, 0.2) is 0 Å². The molecule has 4 aliphatic rings. The average molecular weight is 694 g/mol. The van der Waals surface area contributed by atoms with Gasteiger partial charge in [-0.05, 0) is 73.1 Å². The van der Waals surface area contributed by atoms with Crippen LogP contribution >= 0.6 is 0 Å². The molecule has 4 aromatic rings. The van der Waals surface area contributed by atoms with Gasteiger partial charge < -0.3 is 34.9 Å². The first-order valence-corrected chi connectivity index (χ1v) is 17.9. The Bertz CT molecular complexity index is 2070. The Morgan fingerprint density at radius 3 is 2.59 bits per heavy atom. The fraction of sp³-hybridized carbons (Fsp3) is 0.474. The predicted molar refractivity (Wildman–Crippen MR) is 196 cm³/mol. The van der Waals surface area contributed by atoms with Crippen molar-refractivity contribution in [2.24, 2.45) is 18.2 Å². The molecule has 2 saturated heterocycles. The Morgan fingerprint density at radius 2 is 1.90 bits per heavy atom. The van der Waals surface area contributed by atoms with Crippen molar-refractivity contribution in [1.29, 1.82) is 0 Å². The van der Waals surface area contributed by atoms with Crippen LogP contribution in [0.3, 0.4) is 0 Å². The van der Waals surface area contributed by atoms with Gasteiger partial charge in [0.1, 0.15) is 29.2 Å². The Kier molecular flexibility index (Phi) is 8.29. The topological polar surface area (TPSA) is 147 Å². The maximum atomic E-state index is 14.2. The molecule has 2 atom stereocenters. The van der Waals surface area contributed by atoms with Crippen LogP contribution in [0.15, 0.2) is 47.7 Å². The largest absolute Gasteiger partial charge is 0.392 e. The van der Waals surface area contributed by atoms with Gasteiger partial charge in [0.25, 0.3) is 11.5 Å². The lowest BCUT2D eigenvalue weighted by molar-refractivity contribution is -0.0691. The molecule has 1 amide bonds. The van der Waals surface area contributed by atoms with Crippen LogP contribution in [0.2, 0.25) is 0 Å². The number of anilines is 4. The molecule has 8 rings (SSSR count). The molecule has 0 radical (unpaired) electrons. The number of aliphatic hydroxyl groups excluding tert-OH is 1. The van der Waals surface area contributed by atoms with Crippen LogP contribution < -0.4 is 26.4 Å². The average Bonchev–Trinajstić information content (AvgIpc) is 3.52. The van der Waals surface area contributed by atoms with Crippen molar-refractivity contribution in [3.8, 4) is 11.1 Å². The van der Waals surface area contributed by atoms with Gasteiger partial charge >= 0.3 is 0 Å². The standard InChI is InChI=1S/C38H47N9O4/c1-22-16-44(26-20-51-21-26)10-11-45(22)25-6-7-33(41-15-25)42-30-12-24(17-43(5)36(30)49)27-8-9-40-35(29(27)19-48)47-32(39)18-46-31-14-38(3,4)13-28(31)23(2)34(46)37(47)50/h6-9,12,15,17,22,26,32,48H,10-11,13-14,16,18-21,39H2,1-5H3,(H,41,42)/t22?,32-/m0/s1. The number of rotatable bonds is 7. The van der Waals surface area contributed by atoms with E-state index in [2.05, 4.69) is 50.4 Å². The van der Waals surface area contributed by atoms with Gasteiger partial charge in [-0.15, -0.1) is 0 Å². The molecule has 2 fully saturated rings. The summed E-state index contributed by atoms with van der Waals surface area (Å²) in [5.74, 6) is 0.637.